The number of hydrogen-bond donors (Lipinski definition) is 2. The van der Waals surface area contributed by atoms with Gasteiger partial charge < -0.3 is 24.4 Å². The lowest BCUT2D eigenvalue weighted by Crippen LogP contribution is -2.36. The number of nitrogens with zero attached hydrogens (tertiary/aromatic N) is 2. The second-order valence-electron chi connectivity index (χ2n) is 18.3. The topological polar surface area (TPSA) is 109 Å². The number of phenols is 1. The van der Waals surface area contributed by atoms with Gasteiger partial charge in [-0.15, -0.1) is 0 Å². The van der Waals surface area contributed by atoms with Crippen molar-refractivity contribution in [2.24, 2.45) is 23.7 Å². The molecule has 9 heteroatoms. The van der Waals surface area contributed by atoms with E-state index < -0.39 is 0 Å². The Morgan fingerprint density at radius 1 is 0.590 bits per heavy atom. The van der Waals surface area contributed by atoms with Gasteiger partial charge in [-0.05, 0) is 179 Å². The van der Waals surface area contributed by atoms with Crippen molar-refractivity contribution < 1.29 is 34.0 Å². The van der Waals surface area contributed by atoms with Crippen LogP contribution in [0.2, 0.25) is 0 Å². The Bertz CT molecular complexity index is 1980. The van der Waals surface area contributed by atoms with Crippen LogP contribution in [0.3, 0.4) is 0 Å². The summed E-state index contributed by atoms with van der Waals surface area (Å²) in [6, 6.07) is 25.0. The fourth-order valence-corrected chi connectivity index (χ4v) is 9.60. The zero-order chi connectivity index (χ0) is 43.1. The van der Waals surface area contributed by atoms with Crippen LogP contribution < -0.4 is 4.74 Å². The van der Waals surface area contributed by atoms with Crippen LogP contribution in [0, 0.1) is 23.7 Å². The third-order valence-corrected chi connectivity index (χ3v) is 13.1. The second kappa shape index (κ2) is 23.3. The normalized spacial score (nSPS) is 23.0. The lowest BCUT2D eigenvalue weighted by atomic mass is 9.89. The predicted octanol–water partition coefficient (Wildman–Crippen LogP) is 10.5. The summed E-state index contributed by atoms with van der Waals surface area (Å²) in [5.41, 5.74) is 2.59. The number of benzene rings is 4. The van der Waals surface area contributed by atoms with Crippen molar-refractivity contribution in [3.8, 4) is 11.5 Å². The minimum Gasteiger partial charge on any atom is -0.508 e. The van der Waals surface area contributed by atoms with Crippen LogP contribution in [0.4, 0.5) is 0 Å². The van der Waals surface area contributed by atoms with Crippen LogP contribution in [-0.4, -0.2) is 83.6 Å². The van der Waals surface area contributed by atoms with E-state index in [2.05, 4.69) is 78.2 Å². The Hall–Kier alpha value is -4.18. The van der Waals surface area contributed by atoms with E-state index in [1.807, 2.05) is 19.9 Å². The van der Waals surface area contributed by atoms with Gasteiger partial charge in [0.2, 0.25) is 0 Å². The second-order valence-corrected chi connectivity index (χ2v) is 18.3. The van der Waals surface area contributed by atoms with Gasteiger partial charge in [0.15, 0.2) is 0 Å². The van der Waals surface area contributed by atoms with E-state index in [9.17, 15) is 14.7 Å². The number of piperidine rings is 2. The van der Waals surface area contributed by atoms with Crippen LogP contribution in [0.25, 0.3) is 21.5 Å². The standard InChI is InChI=1S/C26H35NO3.C19H23NO3.C7H14O/c1-3-29-26(28)21-11-13-27(14-12-21)18-20-7-8-23-17-25(10-9-22(23)16-20)30-24-6-4-5-19(2)15-24;1-2-23-19(22)15-7-9-20(10-8-15)13-14-3-4-17-12-18(21)6-5-16(17)11-14;1-6-3-2-4-7(8)5-6/h7-10,16-17,19,21,24H,3-6,11-15,18H2,1-2H3;3-6,11-12,15,21H,2,7-10,13H2,1H3;6-8H,2-5H2,1H3. The lowest BCUT2D eigenvalue weighted by molar-refractivity contribution is -0.150. The predicted molar refractivity (Wildman–Crippen MR) is 245 cm³/mol. The number of ether oxygens (including phenoxy) is 3. The highest BCUT2D eigenvalue weighted by molar-refractivity contribution is 5.85. The summed E-state index contributed by atoms with van der Waals surface area (Å²) in [5.74, 6) is 2.89. The van der Waals surface area contributed by atoms with Crippen LogP contribution in [0.5, 0.6) is 11.5 Å². The number of phenolic OH excluding ortho intramolecular Hbond substituents is 1. The van der Waals surface area contributed by atoms with E-state index in [1.54, 1.807) is 12.1 Å². The van der Waals surface area contributed by atoms with E-state index >= 15 is 0 Å². The van der Waals surface area contributed by atoms with Gasteiger partial charge in [-0.3, -0.25) is 19.4 Å². The third-order valence-electron chi connectivity index (χ3n) is 13.1. The molecule has 4 unspecified atom stereocenters. The molecule has 2 saturated heterocycles. The summed E-state index contributed by atoms with van der Waals surface area (Å²) in [7, 11) is 0. The number of hydrogen-bond acceptors (Lipinski definition) is 9. The number of carbonyl (C=O) groups excluding carboxylic acids is 2. The Morgan fingerprint density at radius 2 is 1.07 bits per heavy atom. The van der Waals surface area contributed by atoms with E-state index in [0.29, 0.717) is 25.1 Å². The molecule has 4 aromatic rings. The van der Waals surface area contributed by atoms with Crippen molar-refractivity contribution in [1.82, 2.24) is 9.80 Å². The number of aromatic hydroxyl groups is 1. The summed E-state index contributed by atoms with van der Waals surface area (Å²) in [6.45, 7) is 14.8. The molecule has 2 aliphatic carbocycles. The first-order valence-corrected chi connectivity index (χ1v) is 23.4. The molecule has 4 aromatic carbocycles. The first-order chi connectivity index (χ1) is 29.5. The Kier molecular flexibility index (Phi) is 17.7. The zero-order valence-electron chi connectivity index (χ0n) is 37.4. The van der Waals surface area contributed by atoms with Gasteiger partial charge in [0.05, 0.1) is 37.3 Å². The molecule has 2 heterocycles. The van der Waals surface area contributed by atoms with Gasteiger partial charge in [0.1, 0.15) is 11.5 Å². The van der Waals surface area contributed by atoms with Crippen molar-refractivity contribution in [3.05, 3.63) is 83.9 Å². The quantitative estimate of drug-likeness (QED) is 0.151. The molecular formula is C52H72N2O7. The molecule has 0 bridgehead atoms. The Morgan fingerprint density at radius 3 is 1.56 bits per heavy atom. The van der Waals surface area contributed by atoms with Crippen LogP contribution in [0.1, 0.15) is 116 Å². The first kappa shape index (κ1) is 46.3. The maximum Gasteiger partial charge on any atom is 0.309 e. The van der Waals surface area contributed by atoms with Gasteiger partial charge in [0, 0.05) is 13.1 Å². The summed E-state index contributed by atoms with van der Waals surface area (Å²) >= 11 is 0. The largest absolute Gasteiger partial charge is 0.508 e. The van der Waals surface area contributed by atoms with Gasteiger partial charge in [0.25, 0.3) is 0 Å². The SMILES string of the molecule is CC1CCCC(O)C1.CCOC(=O)C1CCN(Cc2ccc3cc(O)ccc3c2)CC1.CCOC(=O)C1CCN(Cc2ccc3cc(OC4CCCC(C)C4)ccc3c2)CC1. The monoisotopic (exact) mass is 837 g/mol. The molecule has 4 fully saturated rings. The molecule has 332 valence electrons. The smallest absolute Gasteiger partial charge is 0.309 e. The number of likely N-dealkylation sites (tertiary alicyclic amines) is 2. The maximum absolute atomic E-state index is 11.9. The Balaban J connectivity index is 0.000000177. The van der Waals surface area contributed by atoms with Crippen molar-refractivity contribution in [2.75, 3.05) is 39.4 Å². The van der Waals surface area contributed by atoms with Crippen LogP contribution in [-0.2, 0) is 32.2 Å². The van der Waals surface area contributed by atoms with E-state index in [0.717, 1.165) is 106 Å². The number of carbonyl (C=O) groups is 2. The molecule has 0 aromatic heterocycles. The fourth-order valence-electron chi connectivity index (χ4n) is 9.60. The molecule has 2 N–H and O–H groups in total. The number of aliphatic hydroxyl groups is 1. The zero-order valence-corrected chi connectivity index (χ0v) is 37.4. The molecule has 2 saturated carbocycles. The molecule has 0 radical (unpaired) electrons. The van der Waals surface area contributed by atoms with Gasteiger partial charge in [-0.2, -0.15) is 0 Å². The van der Waals surface area contributed by atoms with Crippen molar-refractivity contribution in [2.45, 2.75) is 130 Å². The molecule has 4 atom stereocenters. The number of fused-ring (bicyclic) bond motifs is 2. The Labute approximate surface area is 364 Å². The molecule has 2 aliphatic heterocycles. The minimum atomic E-state index is -0.0438. The summed E-state index contributed by atoms with van der Waals surface area (Å²) in [4.78, 5) is 28.5. The average molecular weight is 837 g/mol. The molecule has 61 heavy (non-hydrogen) atoms. The third kappa shape index (κ3) is 14.4. The molecule has 9 nitrogen and oxygen atoms in total. The number of esters is 2. The average Bonchev–Trinajstić information content (AvgIpc) is 3.25. The van der Waals surface area contributed by atoms with Crippen molar-refractivity contribution >= 4 is 33.5 Å². The maximum atomic E-state index is 11.9. The lowest BCUT2D eigenvalue weighted by Gasteiger charge is -2.30. The van der Waals surface area contributed by atoms with Crippen LogP contribution in [0.15, 0.2) is 72.8 Å². The van der Waals surface area contributed by atoms with Crippen molar-refractivity contribution in [1.29, 1.82) is 0 Å². The highest BCUT2D eigenvalue weighted by Crippen LogP contribution is 2.30. The fraction of sp³-hybridized carbons (Fsp3) is 0.577. The molecular weight excluding hydrogens is 765 g/mol. The van der Waals surface area contributed by atoms with E-state index in [4.69, 9.17) is 19.3 Å². The highest BCUT2D eigenvalue weighted by atomic mass is 16.5. The number of rotatable bonds is 10. The molecule has 0 amide bonds. The minimum absolute atomic E-state index is 0.0127. The summed E-state index contributed by atoms with van der Waals surface area (Å²) in [5, 5.41) is 23.3. The van der Waals surface area contributed by atoms with Gasteiger partial charge in [-0.25, -0.2) is 0 Å². The van der Waals surface area contributed by atoms with Crippen molar-refractivity contribution in [3.63, 3.8) is 0 Å². The van der Waals surface area contributed by atoms with E-state index in [1.165, 1.54) is 60.4 Å². The van der Waals surface area contributed by atoms with Gasteiger partial charge in [-0.1, -0.05) is 69.5 Å². The molecule has 4 aliphatic rings. The van der Waals surface area contributed by atoms with E-state index in [-0.39, 0.29) is 29.9 Å². The number of aliphatic hydroxyl groups excluding tert-OH is 1. The highest BCUT2D eigenvalue weighted by Gasteiger charge is 2.27. The van der Waals surface area contributed by atoms with Gasteiger partial charge >= 0.3 is 11.9 Å². The summed E-state index contributed by atoms with van der Waals surface area (Å²) < 4.78 is 16.6. The van der Waals surface area contributed by atoms with Crippen LogP contribution >= 0.6 is 0 Å². The summed E-state index contributed by atoms with van der Waals surface area (Å²) in [6.07, 6.45) is 13.5. The molecule has 0 spiro atoms. The molecule has 8 rings (SSSR count). The first-order valence-electron chi connectivity index (χ1n) is 23.4.